The van der Waals surface area contributed by atoms with Crippen LogP contribution in [0.2, 0.25) is 0 Å². The van der Waals surface area contributed by atoms with Crippen molar-refractivity contribution in [3.63, 3.8) is 0 Å². The molecule has 0 fully saturated rings. The number of ether oxygens (including phenoxy) is 2. The van der Waals surface area contributed by atoms with Crippen LogP contribution in [0, 0.1) is 0 Å². The molecule has 1 aliphatic heterocycles. The normalized spacial score (nSPS) is 13.9. The van der Waals surface area contributed by atoms with Crippen molar-refractivity contribution in [2.45, 2.75) is 13.0 Å². The fourth-order valence-electron chi connectivity index (χ4n) is 4.51. The number of rotatable bonds is 7. The zero-order valence-electron chi connectivity index (χ0n) is 18.4. The molecule has 3 heterocycles. The lowest BCUT2D eigenvalue weighted by molar-refractivity contribution is -0.122. The first kappa shape index (κ1) is 20.8. The van der Waals surface area contributed by atoms with E-state index in [1.54, 1.807) is 20.4 Å². The van der Waals surface area contributed by atoms with Gasteiger partial charge in [-0.3, -0.25) is 14.9 Å². The Hall–Kier alpha value is -4.04. The molecule has 4 N–H and O–H groups in total. The largest absolute Gasteiger partial charge is 0.493 e. The molecule has 0 unspecified atom stereocenters. The maximum Gasteiger partial charge on any atom is 0.259 e. The first-order valence-corrected chi connectivity index (χ1v) is 10.7. The minimum Gasteiger partial charge on any atom is -0.493 e. The number of carbonyl (C=O) groups excluding carboxylic acids is 2. The van der Waals surface area contributed by atoms with Crippen molar-refractivity contribution in [1.29, 1.82) is 0 Å². The third-order valence-corrected chi connectivity index (χ3v) is 6.05. The molecule has 2 aromatic carbocycles. The molecule has 4 aromatic rings. The van der Waals surface area contributed by atoms with E-state index in [0.717, 1.165) is 28.2 Å². The highest BCUT2D eigenvalue weighted by Gasteiger charge is 2.35. The third kappa shape index (κ3) is 3.27. The number of aryl methyl sites for hydroxylation is 1. The van der Waals surface area contributed by atoms with Gasteiger partial charge in [-0.15, -0.1) is 0 Å². The van der Waals surface area contributed by atoms with Crippen LogP contribution < -0.4 is 20.5 Å². The first-order chi connectivity index (χ1) is 16.1. The number of nitrogens with one attached hydrogen (secondary N) is 2. The summed E-state index contributed by atoms with van der Waals surface area (Å²) < 4.78 is 13.0. The maximum absolute atomic E-state index is 13.1. The quantitative estimate of drug-likeness (QED) is 0.380. The standard InChI is InChI=1S/C25H24N4O4/c1-32-20-10-15-17(13-29(9-5-8-26)19(15)11-21(20)33-2)23-22(24(30)28-25(23)31)16-12-27-18-7-4-3-6-14(16)18/h3-4,6-7,10-13,27H,5,8-9,26H2,1-2H3,(H,28,30,31). The number of H-pyrrole nitrogens is 1. The smallest absolute Gasteiger partial charge is 0.259 e. The summed E-state index contributed by atoms with van der Waals surface area (Å²) in [5.74, 6) is 0.291. The summed E-state index contributed by atoms with van der Waals surface area (Å²) in [5.41, 5.74) is 9.55. The van der Waals surface area contributed by atoms with Crippen molar-refractivity contribution < 1.29 is 19.1 Å². The zero-order chi connectivity index (χ0) is 23.1. The molecular formula is C25H24N4O4. The minimum absolute atomic E-state index is 0.341. The van der Waals surface area contributed by atoms with Gasteiger partial charge in [0, 0.05) is 52.4 Å². The van der Waals surface area contributed by atoms with Crippen LogP contribution in [0.5, 0.6) is 11.5 Å². The van der Waals surface area contributed by atoms with Gasteiger partial charge in [0.25, 0.3) is 11.8 Å². The summed E-state index contributed by atoms with van der Waals surface area (Å²) in [6.45, 7) is 1.19. The van der Waals surface area contributed by atoms with Gasteiger partial charge in [-0.05, 0) is 25.1 Å². The van der Waals surface area contributed by atoms with Crippen molar-refractivity contribution in [2.24, 2.45) is 5.73 Å². The minimum atomic E-state index is -0.423. The first-order valence-electron chi connectivity index (χ1n) is 10.7. The lowest BCUT2D eigenvalue weighted by Crippen LogP contribution is -2.22. The molecule has 5 rings (SSSR count). The summed E-state index contributed by atoms with van der Waals surface area (Å²) in [7, 11) is 3.15. The van der Waals surface area contributed by atoms with Gasteiger partial charge in [0.2, 0.25) is 0 Å². The number of carbonyl (C=O) groups is 2. The maximum atomic E-state index is 13.1. The Balaban J connectivity index is 1.82. The fraction of sp³-hybridized carbons (Fsp3) is 0.200. The predicted octanol–water partition coefficient (Wildman–Crippen LogP) is 3.06. The van der Waals surface area contributed by atoms with Crippen LogP contribution in [0.25, 0.3) is 33.0 Å². The number of hydrogen-bond donors (Lipinski definition) is 3. The van der Waals surface area contributed by atoms with Gasteiger partial charge < -0.3 is 24.8 Å². The van der Waals surface area contributed by atoms with E-state index in [4.69, 9.17) is 15.2 Å². The topological polar surface area (TPSA) is 111 Å². The molecular weight excluding hydrogens is 420 g/mol. The van der Waals surface area contributed by atoms with E-state index in [0.29, 0.717) is 46.9 Å². The highest BCUT2D eigenvalue weighted by Crippen LogP contribution is 2.41. The number of methoxy groups -OCH3 is 2. The highest BCUT2D eigenvalue weighted by molar-refractivity contribution is 6.50. The monoisotopic (exact) mass is 444 g/mol. The third-order valence-electron chi connectivity index (χ3n) is 6.05. The van der Waals surface area contributed by atoms with Crippen LogP contribution >= 0.6 is 0 Å². The number of aromatic nitrogens is 2. The summed E-state index contributed by atoms with van der Waals surface area (Å²) in [5, 5.41) is 4.15. The molecule has 0 spiro atoms. The molecule has 2 amide bonds. The summed E-state index contributed by atoms with van der Waals surface area (Å²) >= 11 is 0. The van der Waals surface area contributed by atoms with Crippen molar-refractivity contribution in [3.8, 4) is 11.5 Å². The van der Waals surface area contributed by atoms with Crippen LogP contribution in [-0.4, -0.2) is 42.1 Å². The molecule has 1 aliphatic rings. The van der Waals surface area contributed by atoms with Crippen molar-refractivity contribution in [1.82, 2.24) is 14.9 Å². The van der Waals surface area contributed by atoms with Crippen LogP contribution in [0.1, 0.15) is 17.5 Å². The number of aromatic amines is 1. The molecule has 33 heavy (non-hydrogen) atoms. The molecule has 168 valence electrons. The van der Waals surface area contributed by atoms with E-state index in [2.05, 4.69) is 10.3 Å². The Kier molecular flexibility index (Phi) is 5.14. The number of benzene rings is 2. The lowest BCUT2D eigenvalue weighted by Gasteiger charge is -2.10. The Morgan fingerprint density at radius 3 is 2.36 bits per heavy atom. The number of nitrogens with zero attached hydrogens (tertiary/aromatic N) is 1. The number of nitrogens with two attached hydrogens (primary N) is 1. The Labute approximate surface area is 190 Å². The second kappa shape index (κ2) is 8.14. The SMILES string of the molecule is COc1cc2c(C3=C(c4c[nH]c5ccccc45)C(=O)NC3=O)cn(CCCN)c2cc1OC. The Morgan fingerprint density at radius 1 is 0.939 bits per heavy atom. The number of imide groups is 1. The molecule has 8 nitrogen and oxygen atoms in total. The van der Waals surface area contributed by atoms with E-state index in [9.17, 15) is 9.59 Å². The van der Waals surface area contributed by atoms with Crippen LogP contribution in [0.3, 0.4) is 0 Å². The van der Waals surface area contributed by atoms with E-state index >= 15 is 0 Å². The van der Waals surface area contributed by atoms with Crippen LogP contribution in [0.15, 0.2) is 48.8 Å². The van der Waals surface area contributed by atoms with E-state index in [1.165, 1.54) is 0 Å². The summed E-state index contributed by atoms with van der Waals surface area (Å²) in [6.07, 6.45) is 4.44. The molecule has 0 saturated carbocycles. The number of para-hydroxylation sites is 1. The lowest BCUT2D eigenvalue weighted by atomic mass is 9.95. The Morgan fingerprint density at radius 2 is 1.64 bits per heavy atom. The van der Waals surface area contributed by atoms with Gasteiger partial charge in [-0.1, -0.05) is 18.2 Å². The molecule has 0 radical (unpaired) electrons. The number of fused-ring (bicyclic) bond motifs is 2. The van der Waals surface area contributed by atoms with Gasteiger partial charge in [0.05, 0.1) is 30.9 Å². The second-order valence-corrected chi connectivity index (χ2v) is 7.88. The van der Waals surface area contributed by atoms with E-state index < -0.39 is 11.8 Å². The molecule has 0 bridgehead atoms. The van der Waals surface area contributed by atoms with Crippen LogP contribution in [-0.2, 0) is 16.1 Å². The average Bonchev–Trinajstić information content (AvgIpc) is 3.49. The van der Waals surface area contributed by atoms with Crippen molar-refractivity contribution in [3.05, 3.63) is 59.9 Å². The van der Waals surface area contributed by atoms with Crippen LogP contribution in [0.4, 0.5) is 0 Å². The summed E-state index contributed by atoms with van der Waals surface area (Å²) in [6, 6.07) is 11.4. The molecule has 8 heteroatoms. The Bertz CT molecular complexity index is 1440. The van der Waals surface area contributed by atoms with E-state index in [-0.39, 0.29) is 0 Å². The van der Waals surface area contributed by atoms with Crippen molar-refractivity contribution >= 4 is 44.8 Å². The molecule has 2 aromatic heterocycles. The second-order valence-electron chi connectivity index (χ2n) is 7.88. The highest BCUT2D eigenvalue weighted by atomic mass is 16.5. The zero-order valence-corrected chi connectivity index (χ0v) is 18.4. The van der Waals surface area contributed by atoms with Crippen molar-refractivity contribution in [2.75, 3.05) is 20.8 Å². The fourth-order valence-corrected chi connectivity index (χ4v) is 4.51. The average molecular weight is 444 g/mol. The van der Waals surface area contributed by atoms with E-state index in [1.807, 2.05) is 47.2 Å². The number of hydrogen-bond acceptors (Lipinski definition) is 5. The molecule has 0 aliphatic carbocycles. The van der Waals surface area contributed by atoms with Gasteiger partial charge >= 0.3 is 0 Å². The van der Waals surface area contributed by atoms with Gasteiger partial charge in [0.15, 0.2) is 11.5 Å². The predicted molar refractivity (Wildman–Crippen MR) is 127 cm³/mol. The molecule has 0 atom stereocenters. The van der Waals surface area contributed by atoms with Gasteiger partial charge in [-0.2, -0.15) is 0 Å². The summed E-state index contributed by atoms with van der Waals surface area (Å²) in [4.78, 5) is 29.3. The molecule has 0 saturated heterocycles. The van der Waals surface area contributed by atoms with Gasteiger partial charge in [0.1, 0.15) is 0 Å². The number of amides is 2. The van der Waals surface area contributed by atoms with Gasteiger partial charge in [-0.25, -0.2) is 0 Å².